The zero-order valence-electron chi connectivity index (χ0n) is 19.2. The van der Waals surface area contributed by atoms with E-state index in [4.69, 9.17) is 9.47 Å². The molecule has 1 aromatic carbocycles. The van der Waals surface area contributed by atoms with E-state index in [1.54, 1.807) is 19.1 Å². The fraction of sp³-hybridized carbons (Fsp3) is 0.455. The average Bonchev–Trinajstić information content (AvgIpc) is 3.15. The molecule has 0 unspecified atom stereocenters. The van der Waals surface area contributed by atoms with Crippen molar-refractivity contribution in [2.24, 2.45) is 0 Å². The van der Waals surface area contributed by atoms with Crippen LogP contribution in [0.15, 0.2) is 23.1 Å². The zero-order chi connectivity index (χ0) is 24.2. The first-order valence-corrected chi connectivity index (χ1v) is 12.9. The second kappa shape index (κ2) is 10.5. The first kappa shape index (κ1) is 25.0. The summed E-state index contributed by atoms with van der Waals surface area (Å²) in [5.74, 6) is -0.569. The summed E-state index contributed by atoms with van der Waals surface area (Å²) < 4.78 is 36.9. The van der Waals surface area contributed by atoms with Crippen LogP contribution in [0.3, 0.4) is 0 Å². The number of fused-ring (bicyclic) bond motifs is 1. The summed E-state index contributed by atoms with van der Waals surface area (Å²) in [5.41, 5.74) is 1.85. The van der Waals surface area contributed by atoms with E-state index in [9.17, 15) is 18.0 Å². The first-order valence-electron chi connectivity index (χ1n) is 10.6. The molecule has 0 fully saturated rings. The van der Waals surface area contributed by atoms with Gasteiger partial charge in [0.2, 0.25) is 15.9 Å². The van der Waals surface area contributed by atoms with Crippen molar-refractivity contribution in [3.05, 3.63) is 34.2 Å². The third-order valence-electron chi connectivity index (χ3n) is 5.27. The molecule has 0 aliphatic heterocycles. The fourth-order valence-electron chi connectivity index (χ4n) is 3.62. The number of aryl methyl sites for hydroxylation is 1. The number of sulfonamides is 1. The van der Waals surface area contributed by atoms with Gasteiger partial charge in [-0.25, -0.2) is 17.5 Å². The molecule has 2 N–H and O–H groups in total. The van der Waals surface area contributed by atoms with Crippen molar-refractivity contribution in [2.45, 2.75) is 37.5 Å². The summed E-state index contributed by atoms with van der Waals surface area (Å²) in [5, 5.41) is 6.25. The Morgan fingerprint density at radius 1 is 1.18 bits per heavy atom. The highest BCUT2D eigenvalue weighted by Crippen LogP contribution is 2.38. The van der Waals surface area contributed by atoms with Gasteiger partial charge in [-0.1, -0.05) is 0 Å². The number of thiophene rings is 1. The normalized spacial score (nSPS) is 13.4. The van der Waals surface area contributed by atoms with Gasteiger partial charge < -0.3 is 20.1 Å². The van der Waals surface area contributed by atoms with Gasteiger partial charge in [-0.3, -0.25) is 4.79 Å². The average molecular weight is 496 g/mol. The van der Waals surface area contributed by atoms with Gasteiger partial charge in [-0.2, -0.15) is 0 Å². The molecule has 9 nitrogen and oxygen atoms in total. The lowest BCUT2D eigenvalue weighted by Crippen LogP contribution is -2.24. The number of ether oxygens (including phenoxy) is 2. The smallest absolute Gasteiger partial charge is 0.341 e. The zero-order valence-corrected chi connectivity index (χ0v) is 20.8. The molecule has 2 aromatic rings. The van der Waals surface area contributed by atoms with Gasteiger partial charge in [-0.15, -0.1) is 11.3 Å². The van der Waals surface area contributed by atoms with Crippen molar-refractivity contribution in [2.75, 3.05) is 45.0 Å². The summed E-state index contributed by atoms with van der Waals surface area (Å²) in [7, 11) is 0.471. The summed E-state index contributed by atoms with van der Waals surface area (Å²) in [6.45, 7) is 1.98. The van der Waals surface area contributed by atoms with E-state index in [0.717, 1.165) is 40.4 Å². The molecular formula is C22H29N3O6S2. The topological polar surface area (TPSA) is 114 Å². The van der Waals surface area contributed by atoms with E-state index >= 15 is 0 Å². The van der Waals surface area contributed by atoms with Gasteiger partial charge in [-0.05, 0) is 56.4 Å². The molecule has 0 spiro atoms. The third-order valence-corrected chi connectivity index (χ3v) is 8.31. The van der Waals surface area contributed by atoms with E-state index in [-0.39, 0.29) is 23.1 Å². The van der Waals surface area contributed by atoms with Crippen LogP contribution in [0, 0.1) is 0 Å². The SMILES string of the molecule is CCOc1ccc(NCC(=O)Nc2sc3c(c2C(=O)OC)CCCC3)cc1S(=O)(=O)N(C)C. The Kier molecular flexibility index (Phi) is 7.98. The molecule has 0 radical (unpaired) electrons. The van der Waals surface area contributed by atoms with E-state index in [0.29, 0.717) is 22.9 Å². The predicted octanol–water partition coefficient (Wildman–Crippen LogP) is 3.11. The van der Waals surface area contributed by atoms with E-state index in [1.807, 2.05) is 0 Å². The number of nitrogens with zero attached hydrogens (tertiary/aromatic N) is 1. The van der Waals surface area contributed by atoms with Crippen molar-refractivity contribution in [1.29, 1.82) is 0 Å². The molecule has 0 atom stereocenters. The third kappa shape index (κ3) is 5.48. The summed E-state index contributed by atoms with van der Waals surface area (Å²) in [6, 6.07) is 4.65. The standard InChI is InChI=1S/C22H29N3O6S2/c1-5-31-16-11-10-14(12-18(16)33(28,29)25(2)3)23-13-19(26)24-21-20(22(27)30-4)15-8-6-7-9-17(15)32-21/h10-12,23H,5-9,13H2,1-4H3,(H,24,26). The van der Waals surface area contributed by atoms with Gasteiger partial charge in [0.1, 0.15) is 15.6 Å². The minimum Gasteiger partial charge on any atom is -0.492 e. The van der Waals surface area contributed by atoms with Gasteiger partial charge in [0.05, 0.1) is 25.8 Å². The number of esters is 1. The summed E-state index contributed by atoms with van der Waals surface area (Å²) in [6.07, 6.45) is 3.73. The minimum absolute atomic E-state index is 0.0127. The van der Waals surface area contributed by atoms with Gasteiger partial charge >= 0.3 is 5.97 Å². The Hall–Kier alpha value is -2.63. The van der Waals surface area contributed by atoms with Crippen molar-refractivity contribution < 1.29 is 27.5 Å². The highest BCUT2D eigenvalue weighted by molar-refractivity contribution is 7.89. The molecule has 33 heavy (non-hydrogen) atoms. The number of hydrogen-bond donors (Lipinski definition) is 2. The maximum Gasteiger partial charge on any atom is 0.341 e. The van der Waals surface area contributed by atoms with Crippen LogP contribution in [0.25, 0.3) is 0 Å². The lowest BCUT2D eigenvalue weighted by molar-refractivity contribution is -0.114. The van der Waals surface area contributed by atoms with Gasteiger partial charge in [0, 0.05) is 24.7 Å². The van der Waals surface area contributed by atoms with Crippen LogP contribution in [0.1, 0.15) is 40.6 Å². The molecule has 1 aliphatic carbocycles. The number of carbonyl (C=O) groups is 2. The number of benzene rings is 1. The first-order chi connectivity index (χ1) is 15.7. The maximum absolute atomic E-state index is 12.7. The number of methoxy groups -OCH3 is 1. The second-order valence-electron chi connectivity index (χ2n) is 7.69. The molecule has 11 heteroatoms. The van der Waals surface area contributed by atoms with Gasteiger partial charge in [0.15, 0.2) is 0 Å². The van der Waals surface area contributed by atoms with Crippen molar-refractivity contribution in [3.8, 4) is 5.75 Å². The predicted molar refractivity (Wildman–Crippen MR) is 128 cm³/mol. The largest absolute Gasteiger partial charge is 0.492 e. The van der Waals surface area contributed by atoms with E-state index < -0.39 is 16.0 Å². The van der Waals surface area contributed by atoms with Crippen molar-refractivity contribution >= 4 is 43.9 Å². The number of rotatable bonds is 9. The Morgan fingerprint density at radius 3 is 2.58 bits per heavy atom. The lowest BCUT2D eigenvalue weighted by Gasteiger charge is -2.17. The maximum atomic E-state index is 12.7. The number of hydrogen-bond acceptors (Lipinski definition) is 8. The molecule has 1 aromatic heterocycles. The molecule has 3 rings (SSSR count). The van der Waals surface area contributed by atoms with Crippen LogP contribution >= 0.6 is 11.3 Å². The van der Waals surface area contributed by atoms with Crippen molar-refractivity contribution in [3.63, 3.8) is 0 Å². The molecule has 1 heterocycles. The summed E-state index contributed by atoms with van der Waals surface area (Å²) >= 11 is 1.41. The second-order valence-corrected chi connectivity index (χ2v) is 10.9. The number of anilines is 2. The molecule has 1 amide bonds. The molecule has 180 valence electrons. The van der Waals surface area contributed by atoms with Crippen LogP contribution < -0.4 is 15.4 Å². The van der Waals surface area contributed by atoms with Crippen molar-refractivity contribution in [1.82, 2.24) is 4.31 Å². The Bertz CT molecular complexity index is 1140. The number of nitrogens with one attached hydrogen (secondary N) is 2. The van der Waals surface area contributed by atoms with Crippen LogP contribution in [0.2, 0.25) is 0 Å². The molecule has 0 bridgehead atoms. The monoisotopic (exact) mass is 495 g/mol. The van der Waals surface area contributed by atoms with E-state index in [1.165, 1.54) is 38.6 Å². The molecule has 1 aliphatic rings. The molecule has 0 saturated heterocycles. The Balaban J connectivity index is 1.77. The highest BCUT2D eigenvalue weighted by atomic mass is 32.2. The lowest BCUT2D eigenvalue weighted by atomic mass is 9.95. The van der Waals surface area contributed by atoms with Crippen LogP contribution in [0.4, 0.5) is 10.7 Å². The van der Waals surface area contributed by atoms with E-state index in [2.05, 4.69) is 10.6 Å². The number of carbonyl (C=O) groups excluding carboxylic acids is 2. The Morgan fingerprint density at radius 2 is 1.91 bits per heavy atom. The highest BCUT2D eigenvalue weighted by Gasteiger charge is 2.27. The van der Waals surface area contributed by atoms with Crippen LogP contribution in [0.5, 0.6) is 5.75 Å². The summed E-state index contributed by atoms with van der Waals surface area (Å²) in [4.78, 5) is 26.1. The number of amides is 1. The van der Waals surface area contributed by atoms with Crippen LogP contribution in [-0.4, -0.2) is 59.0 Å². The molecular weight excluding hydrogens is 466 g/mol. The minimum atomic E-state index is -3.74. The Labute approximate surface area is 198 Å². The van der Waals surface area contributed by atoms with Crippen LogP contribution in [-0.2, 0) is 32.4 Å². The quantitative estimate of drug-likeness (QED) is 0.514. The molecule has 0 saturated carbocycles. The fourth-order valence-corrected chi connectivity index (χ4v) is 5.96. The van der Waals surface area contributed by atoms with Gasteiger partial charge in [0.25, 0.3) is 0 Å².